The van der Waals surface area contributed by atoms with Gasteiger partial charge in [0.15, 0.2) is 18.3 Å². The van der Waals surface area contributed by atoms with Gasteiger partial charge in [-0.05, 0) is 47.7 Å². The summed E-state index contributed by atoms with van der Waals surface area (Å²) in [5.74, 6) is 0.630. The SMILES string of the molecule is CC(c1ccc2c(c1)COCO2)[C@@H](Cc1ccc2c(c1)OCO2)C(=O)O. The molecule has 26 heavy (non-hydrogen) atoms. The summed E-state index contributed by atoms with van der Waals surface area (Å²) in [4.78, 5) is 11.9. The first-order chi connectivity index (χ1) is 12.6. The Morgan fingerprint density at radius 2 is 1.81 bits per heavy atom. The van der Waals surface area contributed by atoms with Crippen LogP contribution in [-0.2, 0) is 22.6 Å². The zero-order valence-electron chi connectivity index (χ0n) is 14.4. The maximum atomic E-state index is 11.9. The average Bonchev–Trinajstić information content (AvgIpc) is 3.12. The van der Waals surface area contributed by atoms with E-state index < -0.39 is 11.9 Å². The van der Waals surface area contributed by atoms with Crippen molar-refractivity contribution in [2.24, 2.45) is 5.92 Å². The van der Waals surface area contributed by atoms with Crippen LogP contribution in [0.2, 0.25) is 0 Å². The Labute approximate surface area is 151 Å². The summed E-state index contributed by atoms with van der Waals surface area (Å²) in [6, 6.07) is 11.4. The number of benzene rings is 2. The second-order valence-corrected chi connectivity index (χ2v) is 6.60. The molecule has 1 N–H and O–H groups in total. The van der Waals surface area contributed by atoms with Crippen LogP contribution in [0.5, 0.6) is 17.2 Å². The van der Waals surface area contributed by atoms with Crippen molar-refractivity contribution in [3.05, 3.63) is 53.1 Å². The van der Waals surface area contributed by atoms with Crippen LogP contribution in [0.3, 0.4) is 0 Å². The smallest absolute Gasteiger partial charge is 0.307 e. The predicted molar refractivity (Wildman–Crippen MR) is 92.5 cm³/mol. The molecule has 0 spiro atoms. The fraction of sp³-hybridized carbons (Fsp3) is 0.350. The van der Waals surface area contributed by atoms with Gasteiger partial charge in [0.1, 0.15) is 5.75 Å². The van der Waals surface area contributed by atoms with Crippen LogP contribution in [0.4, 0.5) is 0 Å². The van der Waals surface area contributed by atoms with Gasteiger partial charge in [0.05, 0.1) is 12.5 Å². The molecule has 2 aromatic rings. The summed E-state index contributed by atoms with van der Waals surface area (Å²) in [6.07, 6.45) is 0.414. The molecule has 2 heterocycles. The fourth-order valence-electron chi connectivity index (χ4n) is 3.43. The van der Waals surface area contributed by atoms with E-state index in [-0.39, 0.29) is 19.5 Å². The van der Waals surface area contributed by atoms with E-state index in [0.29, 0.717) is 24.5 Å². The highest BCUT2D eigenvalue weighted by atomic mass is 16.7. The molecule has 6 heteroatoms. The Balaban J connectivity index is 1.57. The van der Waals surface area contributed by atoms with Crippen LogP contribution in [0.15, 0.2) is 36.4 Å². The number of carboxylic acid groups (broad SMARTS) is 1. The molecule has 4 rings (SSSR count). The van der Waals surface area contributed by atoms with Crippen molar-refractivity contribution in [1.82, 2.24) is 0 Å². The van der Waals surface area contributed by atoms with Crippen molar-refractivity contribution in [2.75, 3.05) is 13.6 Å². The van der Waals surface area contributed by atoms with Crippen LogP contribution in [0.25, 0.3) is 0 Å². The van der Waals surface area contributed by atoms with Gasteiger partial charge in [0, 0.05) is 5.56 Å². The highest BCUT2D eigenvalue weighted by Gasteiger charge is 2.28. The van der Waals surface area contributed by atoms with Gasteiger partial charge in [0.2, 0.25) is 6.79 Å². The lowest BCUT2D eigenvalue weighted by Crippen LogP contribution is -2.23. The molecule has 0 aliphatic carbocycles. The number of carboxylic acids is 1. The fourth-order valence-corrected chi connectivity index (χ4v) is 3.43. The molecule has 0 bridgehead atoms. The molecule has 2 aliphatic heterocycles. The lowest BCUT2D eigenvalue weighted by molar-refractivity contribution is -0.142. The third-order valence-electron chi connectivity index (χ3n) is 4.98. The number of carbonyl (C=O) groups is 1. The van der Waals surface area contributed by atoms with E-state index >= 15 is 0 Å². The normalized spacial score (nSPS) is 17.1. The van der Waals surface area contributed by atoms with Crippen molar-refractivity contribution >= 4 is 5.97 Å². The van der Waals surface area contributed by atoms with Crippen molar-refractivity contribution in [3.63, 3.8) is 0 Å². The van der Waals surface area contributed by atoms with Crippen molar-refractivity contribution < 1.29 is 28.8 Å². The molecule has 1 unspecified atom stereocenters. The molecular formula is C20H20O6. The van der Waals surface area contributed by atoms with E-state index in [1.807, 2.05) is 43.3 Å². The van der Waals surface area contributed by atoms with E-state index in [1.54, 1.807) is 0 Å². The second kappa shape index (κ2) is 6.88. The third kappa shape index (κ3) is 3.20. The zero-order valence-corrected chi connectivity index (χ0v) is 14.4. The zero-order chi connectivity index (χ0) is 18.1. The molecule has 0 fully saturated rings. The van der Waals surface area contributed by atoms with Gasteiger partial charge in [0.25, 0.3) is 0 Å². The van der Waals surface area contributed by atoms with E-state index in [2.05, 4.69) is 0 Å². The standard InChI is InChI=1S/C20H20O6/c1-12(14-3-5-17-15(8-14)9-23-10-24-17)16(20(21)22)6-13-2-4-18-19(7-13)26-11-25-18/h2-5,7-8,12,16H,6,9-11H2,1H3,(H,21,22)/t12?,16-/m1/s1. The number of fused-ring (bicyclic) bond motifs is 2. The molecule has 136 valence electrons. The van der Waals surface area contributed by atoms with Crippen molar-refractivity contribution in [2.45, 2.75) is 25.9 Å². The number of hydrogen-bond donors (Lipinski definition) is 1. The molecule has 0 saturated heterocycles. The summed E-state index contributed by atoms with van der Waals surface area (Å²) in [7, 11) is 0. The first kappa shape index (κ1) is 16.7. The average molecular weight is 356 g/mol. The molecule has 2 atom stereocenters. The summed E-state index contributed by atoms with van der Waals surface area (Å²) in [5, 5.41) is 9.79. The maximum Gasteiger partial charge on any atom is 0.307 e. The van der Waals surface area contributed by atoms with Crippen LogP contribution in [0, 0.1) is 5.92 Å². The van der Waals surface area contributed by atoms with E-state index in [0.717, 1.165) is 22.4 Å². The Hall–Kier alpha value is -2.73. The molecule has 2 aliphatic rings. The summed E-state index contributed by atoms with van der Waals surface area (Å²) < 4.78 is 21.5. The van der Waals surface area contributed by atoms with Crippen LogP contribution in [-0.4, -0.2) is 24.7 Å². The maximum absolute atomic E-state index is 11.9. The number of hydrogen-bond acceptors (Lipinski definition) is 5. The Bertz CT molecular complexity index is 831. The lowest BCUT2D eigenvalue weighted by atomic mass is 9.83. The van der Waals surface area contributed by atoms with Crippen LogP contribution in [0.1, 0.15) is 29.5 Å². The summed E-state index contributed by atoms with van der Waals surface area (Å²) in [6.45, 7) is 2.88. The predicted octanol–water partition coefficient (Wildman–Crippen LogP) is 3.33. The van der Waals surface area contributed by atoms with Gasteiger partial charge >= 0.3 is 5.97 Å². The molecule has 0 aromatic heterocycles. The van der Waals surface area contributed by atoms with Crippen molar-refractivity contribution in [1.29, 1.82) is 0 Å². The van der Waals surface area contributed by atoms with E-state index in [9.17, 15) is 9.90 Å². The largest absolute Gasteiger partial charge is 0.481 e. The number of rotatable bonds is 5. The molecule has 2 aromatic carbocycles. The van der Waals surface area contributed by atoms with E-state index in [1.165, 1.54) is 0 Å². The molecule has 0 radical (unpaired) electrons. The third-order valence-corrected chi connectivity index (χ3v) is 4.98. The topological polar surface area (TPSA) is 74.2 Å². The molecule has 6 nitrogen and oxygen atoms in total. The Kier molecular flexibility index (Phi) is 4.42. The van der Waals surface area contributed by atoms with E-state index in [4.69, 9.17) is 18.9 Å². The minimum Gasteiger partial charge on any atom is -0.481 e. The molecular weight excluding hydrogens is 336 g/mol. The highest BCUT2D eigenvalue weighted by molar-refractivity contribution is 5.72. The van der Waals surface area contributed by atoms with Gasteiger partial charge in [-0.3, -0.25) is 4.79 Å². The van der Waals surface area contributed by atoms with Gasteiger partial charge in [-0.15, -0.1) is 0 Å². The van der Waals surface area contributed by atoms with Crippen LogP contribution >= 0.6 is 0 Å². The number of ether oxygens (including phenoxy) is 4. The van der Waals surface area contributed by atoms with Crippen LogP contribution < -0.4 is 14.2 Å². The van der Waals surface area contributed by atoms with Gasteiger partial charge < -0.3 is 24.1 Å². The molecule has 0 amide bonds. The molecule has 0 saturated carbocycles. The number of aliphatic carboxylic acids is 1. The van der Waals surface area contributed by atoms with Gasteiger partial charge in [-0.25, -0.2) is 0 Å². The minimum atomic E-state index is -0.819. The van der Waals surface area contributed by atoms with Gasteiger partial charge in [-0.1, -0.05) is 19.1 Å². The first-order valence-corrected chi connectivity index (χ1v) is 8.56. The Morgan fingerprint density at radius 3 is 2.65 bits per heavy atom. The van der Waals surface area contributed by atoms with Gasteiger partial charge in [-0.2, -0.15) is 0 Å². The quantitative estimate of drug-likeness (QED) is 0.886. The summed E-state index contributed by atoms with van der Waals surface area (Å²) >= 11 is 0. The first-order valence-electron chi connectivity index (χ1n) is 8.56. The van der Waals surface area contributed by atoms with Crippen molar-refractivity contribution in [3.8, 4) is 17.2 Å². The summed E-state index contributed by atoms with van der Waals surface area (Å²) in [5.41, 5.74) is 2.83. The highest BCUT2D eigenvalue weighted by Crippen LogP contribution is 2.36. The minimum absolute atomic E-state index is 0.162. The Morgan fingerprint density at radius 1 is 1.04 bits per heavy atom. The monoisotopic (exact) mass is 356 g/mol. The second-order valence-electron chi connectivity index (χ2n) is 6.60. The lowest BCUT2D eigenvalue weighted by Gasteiger charge is -2.24.